The van der Waals surface area contributed by atoms with Gasteiger partial charge in [-0.15, -0.1) is 0 Å². The molecule has 3 heterocycles. The van der Waals surface area contributed by atoms with Crippen LogP contribution in [0.3, 0.4) is 0 Å². The molecule has 0 bridgehead atoms. The van der Waals surface area contributed by atoms with E-state index in [1.54, 1.807) is 6.33 Å². The van der Waals surface area contributed by atoms with Gasteiger partial charge in [0.2, 0.25) is 0 Å². The summed E-state index contributed by atoms with van der Waals surface area (Å²) in [5, 5.41) is 10.8. The van der Waals surface area contributed by atoms with Crippen LogP contribution >= 0.6 is 0 Å². The van der Waals surface area contributed by atoms with Gasteiger partial charge < -0.3 is 14.8 Å². The molecule has 0 saturated carbocycles. The van der Waals surface area contributed by atoms with Crippen molar-refractivity contribution >= 4 is 28.1 Å². The van der Waals surface area contributed by atoms with E-state index in [9.17, 15) is 5.26 Å². The molecule has 1 aliphatic heterocycles. The number of nitrogens with one attached hydrogen (secondary N) is 1. The second-order valence-electron chi connectivity index (χ2n) is 7.73. The van der Waals surface area contributed by atoms with Crippen molar-refractivity contribution in [1.29, 1.82) is 5.26 Å². The van der Waals surface area contributed by atoms with Crippen LogP contribution in [0.5, 0.6) is 0 Å². The van der Waals surface area contributed by atoms with Gasteiger partial charge in [0.1, 0.15) is 18.2 Å². The van der Waals surface area contributed by atoms with Crippen molar-refractivity contribution in [2.75, 3.05) is 23.4 Å². The first-order chi connectivity index (χ1) is 14.6. The first-order valence-corrected chi connectivity index (χ1v) is 10.0. The molecule has 0 spiro atoms. The van der Waals surface area contributed by atoms with Gasteiger partial charge in [-0.1, -0.05) is 12.1 Å². The van der Waals surface area contributed by atoms with Crippen molar-refractivity contribution in [3.8, 4) is 6.07 Å². The normalized spacial score (nSPS) is 13.2. The van der Waals surface area contributed by atoms with Crippen molar-refractivity contribution < 1.29 is 0 Å². The number of benzene rings is 2. The van der Waals surface area contributed by atoms with Crippen molar-refractivity contribution in [3.63, 3.8) is 0 Å². The molecule has 0 unspecified atom stereocenters. The van der Waals surface area contributed by atoms with Gasteiger partial charge in [0.25, 0.3) is 0 Å². The second kappa shape index (κ2) is 7.20. The Hall–Kier alpha value is -3.85. The highest BCUT2D eigenvalue weighted by molar-refractivity contribution is 5.84. The van der Waals surface area contributed by atoms with E-state index in [0.29, 0.717) is 12.1 Å². The van der Waals surface area contributed by atoms with E-state index in [-0.39, 0.29) is 0 Å². The summed E-state index contributed by atoms with van der Waals surface area (Å²) in [4.78, 5) is 16.8. The van der Waals surface area contributed by atoms with Gasteiger partial charge in [-0.3, -0.25) is 0 Å². The molecule has 6 heteroatoms. The molecular formula is C24H22N6. The van der Waals surface area contributed by atoms with Crippen molar-refractivity contribution in [1.82, 2.24) is 15.0 Å². The quantitative estimate of drug-likeness (QED) is 0.555. The van der Waals surface area contributed by atoms with Gasteiger partial charge in [-0.2, -0.15) is 5.26 Å². The smallest absolute Gasteiger partial charge is 0.141 e. The Morgan fingerprint density at radius 2 is 2.03 bits per heavy atom. The molecule has 6 nitrogen and oxygen atoms in total. The fraction of sp³-hybridized carbons (Fsp3) is 0.208. The zero-order valence-corrected chi connectivity index (χ0v) is 17.1. The molecular weight excluding hydrogens is 372 g/mol. The maximum Gasteiger partial charge on any atom is 0.141 e. The summed E-state index contributed by atoms with van der Waals surface area (Å²) in [7, 11) is 2.04. The molecule has 1 N–H and O–H groups in total. The predicted octanol–water partition coefficient (Wildman–Crippen LogP) is 4.47. The highest BCUT2D eigenvalue weighted by Gasteiger charge is 2.25. The van der Waals surface area contributed by atoms with Gasteiger partial charge in [0.05, 0.1) is 16.9 Å². The van der Waals surface area contributed by atoms with E-state index in [1.807, 2.05) is 32.3 Å². The minimum atomic E-state index is 0.679. The molecule has 0 saturated heterocycles. The zero-order chi connectivity index (χ0) is 20.7. The zero-order valence-electron chi connectivity index (χ0n) is 17.1. The molecule has 0 radical (unpaired) electrons. The molecule has 1 aliphatic rings. The van der Waals surface area contributed by atoms with Gasteiger partial charge in [0, 0.05) is 49.5 Å². The number of aromatic nitrogens is 3. The molecule has 0 aliphatic carbocycles. The van der Waals surface area contributed by atoms with E-state index in [1.165, 1.54) is 5.39 Å². The molecule has 0 amide bonds. The van der Waals surface area contributed by atoms with Crippen LogP contribution in [-0.4, -0.2) is 28.5 Å². The van der Waals surface area contributed by atoms with Crippen molar-refractivity contribution in [2.24, 2.45) is 0 Å². The number of rotatable bonds is 3. The Balaban J connectivity index is 1.52. The maximum absolute atomic E-state index is 9.62. The van der Waals surface area contributed by atoms with Gasteiger partial charge in [0.15, 0.2) is 0 Å². The Labute approximate surface area is 175 Å². The number of aromatic amines is 1. The van der Waals surface area contributed by atoms with Crippen LogP contribution in [0.25, 0.3) is 10.9 Å². The molecule has 2 aromatic carbocycles. The summed E-state index contributed by atoms with van der Waals surface area (Å²) in [6, 6.07) is 16.8. The molecule has 2 aromatic heterocycles. The van der Waals surface area contributed by atoms with Crippen molar-refractivity contribution in [2.45, 2.75) is 19.9 Å². The van der Waals surface area contributed by atoms with Crippen LogP contribution in [0.1, 0.15) is 22.4 Å². The van der Waals surface area contributed by atoms with E-state index in [2.05, 4.69) is 61.2 Å². The number of nitriles is 1. The average molecular weight is 394 g/mol. The van der Waals surface area contributed by atoms with Gasteiger partial charge in [-0.05, 0) is 48.2 Å². The topological polar surface area (TPSA) is 71.8 Å². The Morgan fingerprint density at radius 3 is 2.90 bits per heavy atom. The molecule has 0 atom stereocenters. The van der Waals surface area contributed by atoms with Gasteiger partial charge in [-0.25, -0.2) is 9.97 Å². The fourth-order valence-electron chi connectivity index (χ4n) is 4.20. The third-order valence-corrected chi connectivity index (χ3v) is 5.84. The van der Waals surface area contributed by atoms with Crippen LogP contribution < -0.4 is 9.80 Å². The Kier molecular flexibility index (Phi) is 4.36. The van der Waals surface area contributed by atoms with E-state index in [0.717, 1.165) is 52.5 Å². The number of anilines is 3. The molecule has 148 valence electrons. The number of hydrogen-bond acceptors (Lipinski definition) is 5. The number of fused-ring (bicyclic) bond motifs is 2. The lowest BCUT2D eigenvalue weighted by Crippen LogP contribution is -2.33. The first-order valence-electron chi connectivity index (χ1n) is 10.0. The highest BCUT2D eigenvalue weighted by atomic mass is 15.2. The summed E-state index contributed by atoms with van der Waals surface area (Å²) in [5.74, 6) is 0.904. The largest absolute Gasteiger partial charge is 0.366 e. The monoisotopic (exact) mass is 394 g/mol. The van der Waals surface area contributed by atoms with E-state index in [4.69, 9.17) is 0 Å². The van der Waals surface area contributed by atoms with Crippen LogP contribution in [0.15, 0.2) is 55.0 Å². The van der Waals surface area contributed by atoms with Crippen LogP contribution in [-0.2, 0) is 13.0 Å². The standard InChI is InChI=1S/C24H22N6/c1-16-3-6-23(18(11-16)13-25)30-10-8-21-20(14-30)24(28-15-27-21)29(2)19-5-4-17-7-9-26-22(17)12-19/h3-7,9,11-12,15,26H,8,10,14H2,1-2H3. The number of H-pyrrole nitrogens is 1. The number of nitrogens with zero attached hydrogens (tertiary/aromatic N) is 5. The second-order valence-corrected chi connectivity index (χ2v) is 7.73. The molecule has 0 fully saturated rings. The maximum atomic E-state index is 9.62. The summed E-state index contributed by atoms with van der Waals surface area (Å²) in [6.45, 7) is 3.52. The summed E-state index contributed by atoms with van der Waals surface area (Å²) < 4.78 is 0. The number of hydrogen-bond donors (Lipinski definition) is 1. The molecule has 5 rings (SSSR count). The minimum absolute atomic E-state index is 0.679. The fourth-order valence-corrected chi connectivity index (χ4v) is 4.20. The Bertz CT molecular complexity index is 1280. The Morgan fingerprint density at radius 1 is 1.13 bits per heavy atom. The van der Waals surface area contributed by atoms with Crippen LogP contribution in [0.2, 0.25) is 0 Å². The van der Waals surface area contributed by atoms with Crippen LogP contribution in [0, 0.1) is 18.3 Å². The summed E-state index contributed by atoms with van der Waals surface area (Å²) in [5.41, 5.74) is 7.13. The molecule has 30 heavy (non-hydrogen) atoms. The summed E-state index contributed by atoms with van der Waals surface area (Å²) in [6.07, 6.45) is 4.43. The number of aryl methyl sites for hydroxylation is 1. The first kappa shape index (κ1) is 18.2. The van der Waals surface area contributed by atoms with Gasteiger partial charge >= 0.3 is 0 Å². The average Bonchev–Trinajstić information content (AvgIpc) is 3.25. The third kappa shape index (κ3) is 3.05. The van der Waals surface area contributed by atoms with E-state index >= 15 is 0 Å². The lowest BCUT2D eigenvalue weighted by atomic mass is 10.0. The SMILES string of the molecule is Cc1ccc(N2CCc3ncnc(N(C)c4ccc5cc[nH]c5c4)c3C2)c(C#N)c1. The third-order valence-electron chi connectivity index (χ3n) is 5.84. The predicted molar refractivity (Wildman–Crippen MR) is 119 cm³/mol. The van der Waals surface area contributed by atoms with Crippen molar-refractivity contribution in [3.05, 3.63) is 77.4 Å². The minimum Gasteiger partial charge on any atom is -0.366 e. The lowest BCUT2D eigenvalue weighted by molar-refractivity contribution is 0.703. The molecule has 4 aromatic rings. The van der Waals surface area contributed by atoms with Crippen LogP contribution in [0.4, 0.5) is 17.2 Å². The highest BCUT2D eigenvalue weighted by Crippen LogP contribution is 2.33. The summed E-state index contributed by atoms with van der Waals surface area (Å²) >= 11 is 0. The van der Waals surface area contributed by atoms with E-state index < -0.39 is 0 Å². The lowest BCUT2D eigenvalue weighted by Gasteiger charge is -2.33.